The molecule has 8 nitrogen and oxygen atoms in total. The number of hydrogen-bond acceptors (Lipinski definition) is 6. The van der Waals surface area contributed by atoms with Crippen molar-refractivity contribution in [2.45, 2.75) is 62.0 Å². The number of nitrogens with zero attached hydrogens (tertiary/aromatic N) is 4. The maximum absolute atomic E-state index is 13.4. The van der Waals surface area contributed by atoms with E-state index in [-0.39, 0.29) is 21.6 Å². The Morgan fingerprint density at radius 2 is 2.03 bits per heavy atom. The molecule has 2 fully saturated rings. The Bertz CT molecular complexity index is 1160. The molecule has 2 aliphatic carbocycles. The molecular weight excluding hydrogens is 410 g/mol. The molecule has 1 atom stereocenters. The fraction of sp³-hybridized carbons (Fsp3) is 0.579. The summed E-state index contributed by atoms with van der Waals surface area (Å²) in [6, 6.07) is 5.02. The van der Waals surface area contributed by atoms with Crippen molar-refractivity contribution < 1.29 is 8.42 Å². The number of rotatable bonds is 7. The van der Waals surface area contributed by atoms with Gasteiger partial charge in [-0.3, -0.25) is 14.1 Å². The van der Waals surface area contributed by atoms with Gasteiger partial charge in [-0.25, -0.2) is 17.9 Å². The Hall–Kier alpha value is -1.78. The highest BCUT2D eigenvalue weighted by Crippen LogP contribution is 2.37. The average Bonchev–Trinajstić information content (AvgIpc) is 3.56. The molecule has 29 heavy (non-hydrogen) atoms. The van der Waals surface area contributed by atoms with Crippen LogP contribution in [0.4, 0.5) is 0 Å². The number of imidazole rings is 1. The molecule has 1 N–H and O–H groups in total. The van der Waals surface area contributed by atoms with Crippen LogP contribution in [0.1, 0.15) is 45.0 Å². The number of nitrogens with one attached hydrogen (secondary N) is 1. The summed E-state index contributed by atoms with van der Waals surface area (Å²) < 4.78 is 32.1. The van der Waals surface area contributed by atoms with Gasteiger partial charge < -0.3 is 0 Å². The summed E-state index contributed by atoms with van der Waals surface area (Å²) in [6.07, 6.45) is 3.96. The third-order valence-corrected chi connectivity index (χ3v) is 8.49. The van der Waals surface area contributed by atoms with Crippen molar-refractivity contribution in [2.24, 2.45) is 11.0 Å². The van der Waals surface area contributed by atoms with Crippen LogP contribution < -0.4 is 10.4 Å². The fourth-order valence-electron chi connectivity index (χ4n) is 3.75. The molecule has 1 aliphatic heterocycles. The highest BCUT2D eigenvalue weighted by molar-refractivity contribution is 8.12. The Balaban J connectivity index is 1.65. The monoisotopic (exact) mass is 435 g/mol. The number of benzene rings is 1. The van der Waals surface area contributed by atoms with Crippen LogP contribution >= 0.6 is 11.8 Å². The van der Waals surface area contributed by atoms with Gasteiger partial charge in [-0.05, 0) is 63.6 Å². The van der Waals surface area contributed by atoms with Crippen molar-refractivity contribution in [1.82, 2.24) is 18.9 Å². The standard InChI is InChI=1S/C19H25N5O3S2/c1-3-23-18(28-12-20-23)24-16-10-14(29(26,27)21-19(2)8-9-19)6-7-15(16)22(17(24)25)11-13-4-5-13/h6-7,10,12-13,18,21H,3-5,8-9,11H2,1-2H3. The highest BCUT2D eigenvalue weighted by Gasteiger charge is 2.41. The maximum atomic E-state index is 13.4. The van der Waals surface area contributed by atoms with E-state index < -0.39 is 10.0 Å². The molecule has 1 unspecified atom stereocenters. The van der Waals surface area contributed by atoms with Crippen molar-refractivity contribution >= 4 is 38.4 Å². The summed E-state index contributed by atoms with van der Waals surface area (Å²) in [5.41, 5.74) is 2.40. The number of fused-ring (bicyclic) bond motifs is 1. The first kappa shape index (κ1) is 19.2. The predicted molar refractivity (Wildman–Crippen MR) is 114 cm³/mol. The minimum Gasteiger partial charge on any atom is -0.292 e. The Morgan fingerprint density at radius 3 is 2.69 bits per heavy atom. The van der Waals surface area contributed by atoms with E-state index in [0.29, 0.717) is 24.5 Å². The number of thioether (sulfide) groups is 1. The Kier molecular flexibility index (Phi) is 4.38. The molecule has 5 rings (SSSR count). The zero-order valence-electron chi connectivity index (χ0n) is 16.5. The molecule has 3 aliphatic rings. The summed E-state index contributed by atoms with van der Waals surface area (Å²) in [5.74, 6) is 0.529. The molecule has 0 spiro atoms. The van der Waals surface area contributed by atoms with Crippen LogP contribution in [-0.2, 0) is 16.6 Å². The summed E-state index contributed by atoms with van der Waals surface area (Å²) in [7, 11) is -3.65. The van der Waals surface area contributed by atoms with Gasteiger partial charge in [-0.15, -0.1) is 0 Å². The molecule has 1 aromatic heterocycles. The molecular formula is C19H25N5O3S2. The van der Waals surface area contributed by atoms with Gasteiger partial charge in [0.25, 0.3) is 0 Å². The maximum Gasteiger partial charge on any atom is 0.331 e. The summed E-state index contributed by atoms with van der Waals surface area (Å²) in [6.45, 7) is 5.24. The molecule has 1 aromatic carbocycles. The van der Waals surface area contributed by atoms with Gasteiger partial charge in [0.2, 0.25) is 10.0 Å². The fourth-order valence-corrected chi connectivity index (χ4v) is 6.19. The SMILES string of the molecule is CCN1N=CSC1n1c(=O)n(CC2CC2)c2ccc(S(=O)(=O)NC3(C)CC3)cc21. The number of aromatic nitrogens is 2. The van der Waals surface area contributed by atoms with Crippen LogP contribution in [0.25, 0.3) is 11.0 Å². The summed E-state index contributed by atoms with van der Waals surface area (Å²) in [5, 5.41) is 6.19. The largest absolute Gasteiger partial charge is 0.331 e. The van der Waals surface area contributed by atoms with E-state index in [1.54, 1.807) is 32.9 Å². The molecule has 10 heteroatoms. The lowest BCUT2D eigenvalue weighted by Crippen LogP contribution is -2.34. The summed E-state index contributed by atoms with van der Waals surface area (Å²) in [4.78, 5) is 13.6. The second-order valence-corrected chi connectivity index (χ2v) is 11.0. The minimum absolute atomic E-state index is 0.106. The van der Waals surface area contributed by atoms with Crippen molar-refractivity contribution in [3.8, 4) is 0 Å². The van der Waals surface area contributed by atoms with Crippen LogP contribution in [0.15, 0.2) is 33.0 Å². The van der Waals surface area contributed by atoms with Gasteiger partial charge in [0.1, 0.15) is 0 Å². The number of hydrogen-bond donors (Lipinski definition) is 1. The minimum atomic E-state index is -3.65. The van der Waals surface area contributed by atoms with Crippen molar-refractivity contribution in [3.05, 3.63) is 28.7 Å². The van der Waals surface area contributed by atoms with E-state index in [4.69, 9.17) is 0 Å². The lowest BCUT2D eigenvalue weighted by molar-refractivity contribution is 0.239. The van der Waals surface area contributed by atoms with E-state index in [1.165, 1.54) is 11.8 Å². The molecule has 2 saturated carbocycles. The van der Waals surface area contributed by atoms with Gasteiger partial charge in [0, 0.05) is 18.6 Å². The topological polar surface area (TPSA) is 88.7 Å². The smallest absolute Gasteiger partial charge is 0.292 e. The van der Waals surface area contributed by atoms with Gasteiger partial charge in [0.15, 0.2) is 5.50 Å². The van der Waals surface area contributed by atoms with Crippen molar-refractivity contribution in [3.63, 3.8) is 0 Å². The van der Waals surface area contributed by atoms with E-state index in [1.807, 2.05) is 18.9 Å². The Labute approximate surface area is 174 Å². The zero-order chi connectivity index (χ0) is 20.4. The second kappa shape index (κ2) is 6.61. The van der Waals surface area contributed by atoms with Gasteiger partial charge in [-0.2, -0.15) is 5.10 Å². The van der Waals surface area contributed by atoms with Gasteiger partial charge in [-0.1, -0.05) is 11.8 Å². The zero-order valence-corrected chi connectivity index (χ0v) is 18.2. The van der Waals surface area contributed by atoms with Crippen LogP contribution in [0.2, 0.25) is 0 Å². The van der Waals surface area contributed by atoms with Crippen molar-refractivity contribution in [1.29, 1.82) is 0 Å². The molecule has 0 bridgehead atoms. The third kappa shape index (κ3) is 3.40. The van der Waals surface area contributed by atoms with E-state index in [2.05, 4.69) is 9.82 Å². The number of hydrazone groups is 1. The van der Waals surface area contributed by atoms with Crippen LogP contribution in [0, 0.1) is 5.92 Å². The molecule has 156 valence electrons. The second-order valence-electron chi connectivity index (χ2n) is 8.46. The molecule has 0 amide bonds. The quantitative estimate of drug-likeness (QED) is 0.722. The van der Waals surface area contributed by atoms with E-state index >= 15 is 0 Å². The average molecular weight is 436 g/mol. The molecule has 2 aromatic rings. The normalized spacial score (nSPS) is 23.2. The third-order valence-electron chi connectivity index (χ3n) is 5.94. The van der Waals surface area contributed by atoms with Gasteiger partial charge >= 0.3 is 5.69 Å². The van der Waals surface area contributed by atoms with E-state index in [9.17, 15) is 13.2 Å². The first-order valence-electron chi connectivity index (χ1n) is 10.0. The Morgan fingerprint density at radius 1 is 1.28 bits per heavy atom. The first-order chi connectivity index (χ1) is 13.8. The lowest BCUT2D eigenvalue weighted by atomic mass is 10.3. The van der Waals surface area contributed by atoms with Crippen LogP contribution in [-0.4, -0.2) is 40.2 Å². The molecule has 0 radical (unpaired) electrons. The first-order valence-corrected chi connectivity index (χ1v) is 12.5. The molecule has 0 saturated heterocycles. The molecule has 2 heterocycles. The van der Waals surface area contributed by atoms with Gasteiger partial charge in [0.05, 0.1) is 21.5 Å². The van der Waals surface area contributed by atoms with Crippen molar-refractivity contribution in [2.75, 3.05) is 6.54 Å². The van der Waals surface area contributed by atoms with E-state index in [0.717, 1.165) is 31.2 Å². The highest BCUT2D eigenvalue weighted by atomic mass is 32.2. The van der Waals surface area contributed by atoms with Crippen LogP contribution in [0.5, 0.6) is 0 Å². The summed E-state index contributed by atoms with van der Waals surface area (Å²) >= 11 is 1.46. The number of sulfonamides is 1. The lowest BCUT2D eigenvalue weighted by Gasteiger charge is -2.22. The van der Waals surface area contributed by atoms with Crippen LogP contribution in [0.3, 0.4) is 0 Å². The predicted octanol–water partition coefficient (Wildman–Crippen LogP) is 2.51.